The predicted molar refractivity (Wildman–Crippen MR) is 43.4 cm³/mol. The van der Waals surface area contributed by atoms with Crippen LogP contribution in [0.4, 0.5) is 0 Å². The van der Waals surface area contributed by atoms with E-state index < -0.39 is 0 Å². The molecule has 0 aliphatic carbocycles. The highest BCUT2D eigenvalue weighted by Crippen LogP contribution is 1.96. The van der Waals surface area contributed by atoms with Crippen LogP contribution in [0.5, 0.6) is 0 Å². The van der Waals surface area contributed by atoms with Crippen LogP contribution in [0.2, 0.25) is 0 Å². The average molecular weight is 150 g/mol. The molecule has 0 unspecified atom stereocenters. The molecule has 1 aromatic heterocycles. The van der Waals surface area contributed by atoms with Crippen molar-refractivity contribution in [3.63, 3.8) is 0 Å². The standard InChI is InChI=1S/C8H10N2O/c1-9-7-11-6-8-2-4-10-5-3-8/h2-5,7H,6H2,1H3. The Morgan fingerprint density at radius 3 is 2.91 bits per heavy atom. The van der Waals surface area contributed by atoms with E-state index in [2.05, 4.69) is 9.98 Å². The molecule has 0 saturated heterocycles. The van der Waals surface area contributed by atoms with E-state index in [-0.39, 0.29) is 0 Å². The van der Waals surface area contributed by atoms with Crippen molar-refractivity contribution in [2.75, 3.05) is 7.05 Å². The van der Waals surface area contributed by atoms with E-state index in [1.165, 1.54) is 6.40 Å². The van der Waals surface area contributed by atoms with Gasteiger partial charge in [-0.1, -0.05) is 0 Å². The first kappa shape index (κ1) is 7.72. The van der Waals surface area contributed by atoms with Gasteiger partial charge in [0.05, 0.1) is 0 Å². The minimum absolute atomic E-state index is 0.555. The Hall–Kier alpha value is -1.38. The van der Waals surface area contributed by atoms with Crippen LogP contribution < -0.4 is 0 Å². The van der Waals surface area contributed by atoms with E-state index in [0.717, 1.165) is 5.56 Å². The fraction of sp³-hybridized carbons (Fsp3) is 0.250. The normalized spacial score (nSPS) is 10.3. The van der Waals surface area contributed by atoms with Crippen molar-refractivity contribution in [2.24, 2.45) is 4.99 Å². The predicted octanol–water partition coefficient (Wildman–Crippen LogP) is 1.26. The molecular formula is C8H10N2O. The Labute approximate surface area is 65.8 Å². The zero-order chi connectivity index (χ0) is 7.94. The quantitative estimate of drug-likeness (QED) is 0.480. The topological polar surface area (TPSA) is 34.5 Å². The van der Waals surface area contributed by atoms with Crippen LogP contribution in [0.1, 0.15) is 5.56 Å². The molecule has 0 aliphatic heterocycles. The lowest BCUT2D eigenvalue weighted by Crippen LogP contribution is -1.89. The van der Waals surface area contributed by atoms with Gasteiger partial charge < -0.3 is 4.74 Å². The van der Waals surface area contributed by atoms with Gasteiger partial charge >= 0.3 is 0 Å². The van der Waals surface area contributed by atoms with Gasteiger partial charge in [0.1, 0.15) is 6.61 Å². The van der Waals surface area contributed by atoms with E-state index in [1.54, 1.807) is 19.4 Å². The van der Waals surface area contributed by atoms with Crippen LogP contribution in [-0.4, -0.2) is 18.4 Å². The van der Waals surface area contributed by atoms with Crippen LogP contribution >= 0.6 is 0 Å². The first-order valence-electron chi connectivity index (χ1n) is 3.34. The van der Waals surface area contributed by atoms with Gasteiger partial charge in [0.2, 0.25) is 0 Å². The van der Waals surface area contributed by atoms with Gasteiger partial charge in [0, 0.05) is 19.4 Å². The summed E-state index contributed by atoms with van der Waals surface area (Å²) in [6.07, 6.45) is 4.91. The third-order valence-electron chi connectivity index (χ3n) is 1.18. The first-order chi connectivity index (χ1) is 5.43. The second-order valence-electron chi connectivity index (χ2n) is 2.03. The molecule has 3 heteroatoms. The van der Waals surface area contributed by atoms with E-state index in [0.29, 0.717) is 6.61 Å². The Kier molecular flexibility index (Phi) is 3.12. The van der Waals surface area contributed by atoms with Crippen molar-refractivity contribution < 1.29 is 4.74 Å². The summed E-state index contributed by atoms with van der Waals surface area (Å²) in [4.78, 5) is 7.57. The van der Waals surface area contributed by atoms with Crippen LogP contribution in [0, 0.1) is 0 Å². The maximum atomic E-state index is 5.05. The number of pyridine rings is 1. The number of rotatable bonds is 3. The van der Waals surface area contributed by atoms with E-state index in [1.807, 2.05) is 12.1 Å². The molecule has 0 aromatic carbocycles. The Balaban J connectivity index is 2.39. The number of aromatic nitrogens is 1. The fourth-order valence-electron chi connectivity index (χ4n) is 0.687. The van der Waals surface area contributed by atoms with E-state index in [4.69, 9.17) is 4.74 Å². The summed E-state index contributed by atoms with van der Waals surface area (Å²) >= 11 is 0. The summed E-state index contributed by atoms with van der Waals surface area (Å²) in [5, 5.41) is 0. The number of ether oxygens (including phenoxy) is 1. The second-order valence-corrected chi connectivity index (χ2v) is 2.03. The molecule has 58 valence electrons. The fourth-order valence-corrected chi connectivity index (χ4v) is 0.687. The SMILES string of the molecule is CN=COCc1ccncc1. The maximum Gasteiger partial charge on any atom is 0.169 e. The highest BCUT2D eigenvalue weighted by atomic mass is 16.5. The Bertz CT molecular complexity index is 221. The van der Waals surface area contributed by atoms with Gasteiger partial charge in [-0.2, -0.15) is 0 Å². The summed E-state index contributed by atoms with van der Waals surface area (Å²) in [7, 11) is 1.67. The molecule has 0 atom stereocenters. The minimum atomic E-state index is 0.555. The molecule has 0 radical (unpaired) electrons. The Morgan fingerprint density at radius 1 is 1.55 bits per heavy atom. The van der Waals surface area contributed by atoms with Gasteiger partial charge in [-0.15, -0.1) is 0 Å². The molecule has 11 heavy (non-hydrogen) atoms. The van der Waals surface area contributed by atoms with Gasteiger partial charge in [-0.25, -0.2) is 0 Å². The highest BCUT2D eigenvalue weighted by Gasteiger charge is 1.87. The van der Waals surface area contributed by atoms with Gasteiger partial charge in [0.25, 0.3) is 0 Å². The molecule has 3 nitrogen and oxygen atoms in total. The van der Waals surface area contributed by atoms with E-state index >= 15 is 0 Å². The summed E-state index contributed by atoms with van der Waals surface area (Å²) in [5.41, 5.74) is 1.10. The number of aliphatic imine (C=N–C) groups is 1. The van der Waals surface area contributed by atoms with Crippen molar-refractivity contribution >= 4 is 6.40 Å². The summed E-state index contributed by atoms with van der Waals surface area (Å²) in [6, 6.07) is 3.81. The van der Waals surface area contributed by atoms with E-state index in [9.17, 15) is 0 Å². The van der Waals surface area contributed by atoms with Crippen molar-refractivity contribution in [1.82, 2.24) is 4.98 Å². The Morgan fingerprint density at radius 2 is 2.27 bits per heavy atom. The molecule has 1 rings (SSSR count). The molecule has 0 amide bonds. The molecule has 0 N–H and O–H groups in total. The number of hydrogen-bond donors (Lipinski definition) is 0. The smallest absolute Gasteiger partial charge is 0.169 e. The summed E-state index contributed by atoms with van der Waals surface area (Å²) in [6.45, 7) is 0.555. The summed E-state index contributed by atoms with van der Waals surface area (Å²) < 4.78 is 5.05. The molecule has 1 heterocycles. The molecule has 0 fully saturated rings. The minimum Gasteiger partial charge on any atom is -0.479 e. The average Bonchev–Trinajstić information content (AvgIpc) is 2.07. The first-order valence-corrected chi connectivity index (χ1v) is 3.34. The molecule has 0 saturated carbocycles. The summed E-state index contributed by atoms with van der Waals surface area (Å²) in [5.74, 6) is 0. The van der Waals surface area contributed by atoms with Gasteiger partial charge in [-0.05, 0) is 17.7 Å². The monoisotopic (exact) mass is 150 g/mol. The van der Waals surface area contributed by atoms with Crippen molar-refractivity contribution in [2.45, 2.75) is 6.61 Å². The molecule has 0 bridgehead atoms. The lowest BCUT2D eigenvalue weighted by Gasteiger charge is -1.97. The van der Waals surface area contributed by atoms with Gasteiger partial charge in [-0.3, -0.25) is 9.98 Å². The van der Waals surface area contributed by atoms with Crippen LogP contribution in [0.15, 0.2) is 29.5 Å². The van der Waals surface area contributed by atoms with Crippen molar-refractivity contribution in [3.8, 4) is 0 Å². The number of nitrogens with zero attached hydrogens (tertiary/aromatic N) is 2. The third-order valence-corrected chi connectivity index (χ3v) is 1.18. The zero-order valence-corrected chi connectivity index (χ0v) is 6.40. The number of hydrogen-bond acceptors (Lipinski definition) is 3. The van der Waals surface area contributed by atoms with Crippen molar-refractivity contribution in [1.29, 1.82) is 0 Å². The highest BCUT2D eigenvalue weighted by molar-refractivity contribution is 5.45. The van der Waals surface area contributed by atoms with Crippen molar-refractivity contribution in [3.05, 3.63) is 30.1 Å². The lowest BCUT2D eigenvalue weighted by atomic mass is 10.3. The second kappa shape index (κ2) is 4.44. The largest absolute Gasteiger partial charge is 0.479 e. The van der Waals surface area contributed by atoms with Gasteiger partial charge in [0.15, 0.2) is 6.40 Å². The van der Waals surface area contributed by atoms with Crippen LogP contribution in [-0.2, 0) is 11.3 Å². The van der Waals surface area contributed by atoms with Crippen LogP contribution in [0.25, 0.3) is 0 Å². The third kappa shape index (κ3) is 2.80. The maximum absolute atomic E-state index is 5.05. The molecule has 1 aromatic rings. The molecule has 0 aliphatic rings. The van der Waals surface area contributed by atoms with Crippen LogP contribution in [0.3, 0.4) is 0 Å². The molecular weight excluding hydrogens is 140 g/mol. The lowest BCUT2D eigenvalue weighted by molar-refractivity contribution is 0.307. The molecule has 0 spiro atoms. The zero-order valence-electron chi connectivity index (χ0n) is 6.40.